The van der Waals surface area contributed by atoms with Crippen LogP contribution in [0, 0.1) is 11.3 Å². The molecule has 2 aliphatic rings. The number of aromatic nitrogens is 4. The Hall–Kier alpha value is -2.66. The lowest BCUT2D eigenvalue weighted by Gasteiger charge is -2.24. The van der Waals surface area contributed by atoms with E-state index in [0.717, 1.165) is 62.8 Å². The van der Waals surface area contributed by atoms with Gasteiger partial charge in [0.15, 0.2) is 5.82 Å². The molecule has 0 spiro atoms. The molecule has 0 unspecified atom stereocenters. The van der Waals surface area contributed by atoms with Crippen molar-refractivity contribution in [2.24, 2.45) is 0 Å². The number of nitrogens with zero attached hydrogens (tertiary/aromatic N) is 6. The van der Waals surface area contributed by atoms with Crippen molar-refractivity contribution in [2.45, 2.75) is 31.9 Å². The Bertz CT molecular complexity index is 806. The quantitative estimate of drug-likeness (QED) is 0.836. The Morgan fingerprint density at radius 1 is 1.32 bits per heavy atom. The van der Waals surface area contributed by atoms with Crippen molar-refractivity contribution < 1.29 is 9.47 Å². The zero-order valence-corrected chi connectivity index (χ0v) is 14.2. The van der Waals surface area contributed by atoms with Gasteiger partial charge in [-0.2, -0.15) is 5.26 Å². The molecule has 2 aromatic rings. The predicted molar refractivity (Wildman–Crippen MR) is 89.4 cm³/mol. The first-order chi connectivity index (χ1) is 12.3. The molecule has 4 heterocycles. The highest BCUT2D eigenvalue weighted by atomic mass is 16.5. The van der Waals surface area contributed by atoms with Gasteiger partial charge >= 0.3 is 0 Å². The van der Waals surface area contributed by atoms with E-state index >= 15 is 0 Å². The number of methoxy groups -OCH3 is 1. The van der Waals surface area contributed by atoms with Crippen molar-refractivity contribution >= 4 is 5.69 Å². The Morgan fingerprint density at radius 3 is 3.00 bits per heavy atom. The van der Waals surface area contributed by atoms with E-state index in [1.165, 1.54) is 7.11 Å². The van der Waals surface area contributed by atoms with Crippen LogP contribution in [0.25, 0.3) is 0 Å². The van der Waals surface area contributed by atoms with Gasteiger partial charge in [-0.1, -0.05) is 0 Å². The molecule has 0 N–H and O–H groups in total. The summed E-state index contributed by atoms with van der Waals surface area (Å²) in [4.78, 5) is 6.32. The highest BCUT2D eigenvalue weighted by molar-refractivity contribution is 5.63. The summed E-state index contributed by atoms with van der Waals surface area (Å²) in [5, 5.41) is 18.2. The summed E-state index contributed by atoms with van der Waals surface area (Å²) in [5.41, 5.74) is 1.33. The van der Waals surface area contributed by atoms with Gasteiger partial charge in [0.05, 0.1) is 12.8 Å². The van der Waals surface area contributed by atoms with Crippen LogP contribution >= 0.6 is 0 Å². The second-order valence-corrected chi connectivity index (χ2v) is 6.19. The monoisotopic (exact) mass is 340 g/mol. The van der Waals surface area contributed by atoms with E-state index in [9.17, 15) is 5.26 Å². The normalized spacial score (nSPS) is 20.0. The highest BCUT2D eigenvalue weighted by Gasteiger charge is 2.27. The van der Waals surface area contributed by atoms with Crippen LogP contribution in [-0.2, 0) is 17.7 Å². The summed E-state index contributed by atoms with van der Waals surface area (Å²) in [6.45, 7) is 3.10. The zero-order chi connectivity index (χ0) is 17.2. The van der Waals surface area contributed by atoms with Crippen LogP contribution in [0.3, 0.4) is 0 Å². The number of nitriles is 1. The maximum atomic E-state index is 9.51. The standard InChI is InChI=1S/C17H20N6O2/c1-24-17-12(11-18)13(4-6-19-17)22-7-5-15-20-21-16(23(15)9-8-22)14-3-2-10-25-14/h4,6,14H,2-3,5,7-10H2,1H3/t14-/m1/s1. The van der Waals surface area contributed by atoms with E-state index in [2.05, 4.69) is 30.7 Å². The summed E-state index contributed by atoms with van der Waals surface area (Å²) < 4.78 is 13.2. The molecule has 130 valence electrons. The van der Waals surface area contributed by atoms with Gasteiger partial charge in [-0.25, -0.2) is 4.98 Å². The molecule has 4 rings (SSSR count). The second kappa shape index (κ2) is 6.69. The second-order valence-electron chi connectivity index (χ2n) is 6.19. The van der Waals surface area contributed by atoms with Gasteiger partial charge in [-0.3, -0.25) is 0 Å². The minimum atomic E-state index is 0.0588. The smallest absolute Gasteiger partial charge is 0.233 e. The van der Waals surface area contributed by atoms with Gasteiger partial charge in [0.1, 0.15) is 23.6 Å². The van der Waals surface area contributed by atoms with Crippen LogP contribution in [0.2, 0.25) is 0 Å². The fourth-order valence-corrected chi connectivity index (χ4v) is 3.56. The van der Waals surface area contributed by atoms with Gasteiger partial charge in [-0.05, 0) is 18.9 Å². The molecular weight excluding hydrogens is 320 g/mol. The number of hydrogen-bond acceptors (Lipinski definition) is 7. The number of pyridine rings is 1. The fraction of sp³-hybridized carbons (Fsp3) is 0.529. The van der Waals surface area contributed by atoms with E-state index in [1.807, 2.05) is 6.07 Å². The number of ether oxygens (including phenoxy) is 2. The molecule has 1 saturated heterocycles. The predicted octanol–water partition coefficient (Wildman–Crippen LogP) is 1.47. The van der Waals surface area contributed by atoms with E-state index in [1.54, 1.807) is 6.20 Å². The van der Waals surface area contributed by atoms with Gasteiger partial charge in [0.2, 0.25) is 5.88 Å². The molecular formula is C17H20N6O2. The molecule has 0 radical (unpaired) electrons. The third kappa shape index (κ3) is 2.81. The Balaban J connectivity index is 1.60. The summed E-state index contributed by atoms with van der Waals surface area (Å²) in [7, 11) is 1.53. The Kier molecular flexibility index (Phi) is 4.24. The van der Waals surface area contributed by atoms with E-state index in [0.29, 0.717) is 11.4 Å². The first-order valence-electron chi connectivity index (χ1n) is 8.53. The van der Waals surface area contributed by atoms with E-state index in [4.69, 9.17) is 9.47 Å². The van der Waals surface area contributed by atoms with Crippen LogP contribution in [0.5, 0.6) is 5.88 Å². The average molecular weight is 340 g/mol. The van der Waals surface area contributed by atoms with E-state index < -0.39 is 0 Å². The van der Waals surface area contributed by atoms with Crippen molar-refractivity contribution in [3.8, 4) is 11.9 Å². The van der Waals surface area contributed by atoms with Crippen LogP contribution < -0.4 is 9.64 Å². The third-order valence-electron chi connectivity index (χ3n) is 4.81. The van der Waals surface area contributed by atoms with E-state index in [-0.39, 0.29) is 6.10 Å². The van der Waals surface area contributed by atoms with Crippen molar-refractivity contribution in [1.82, 2.24) is 19.7 Å². The molecule has 8 heteroatoms. The zero-order valence-electron chi connectivity index (χ0n) is 14.2. The van der Waals surface area contributed by atoms with Crippen LogP contribution in [0.15, 0.2) is 12.3 Å². The molecule has 2 aromatic heterocycles. The molecule has 0 amide bonds. The molecule has 1 atom stereocenters. The van der Waals surface area contributed by atoms with Gasteiger partial charge in [0.25, 0.3) is 0 Å². The SMILES string of the molecule is COc1nccc(N2CCc3nnc([C@H]4CCCO4)n3CC2)c1C#N. The molecule has 8 nitrogen and oxygen atoms in total. The minimum Gasteiger partial charge on any atom is -0.480 e. The lowest BCUT2D eigenvalue weighted by atomic mass is 10.2. The van der Waals surface area contributed by atoms with Crippen molar-refractivity contribution in [3.63, 3.8) is 0 Å². The Labute approximate surface area is 146 Å². The number of fused-ring (bicyclic) bond motifs is 1. The largest absolute Gasteiger partial charge is 0.480 e. The minimum absolute atomic E-state index is 0.0588. The third-order valence-corrected chi connectivity index (χ3v) is 4.81. The van der Waals surface area contributed by atoms with Crippen LogP contribution in [0.4, 0.5) is 5.69 Å². The molecule has 25 heavy (non-hydrogen) atoms. The van der Waals surface area contributed by atoms with Crippen molar-refractivity contribution in [3.05, 3.63) is 29.5 Å². The van der Waals surface area contributed by atoms with Gasteiger partial charge < -0.3 is 18.9 Å². The maximum Gasteiger partial charge on any atom is 0.233 e. The molecule has 1 fully saturated rings. The fourth-order valence-electron chi connectivity index (χ4n) is 3.56. The first kappa shape index (κ1) is 15.8. The summed E-state index contributed by atoms with van der Waals surface area (Å²) in [6, 6.07) is 4.09. The average Bonchev–Trinajstić information content (AvgIpc) is 3.26. The van der Waals surface area contributed by atoms with Crippen molar-refractivity contribution in [1.29, 1.82) is 5.26 Å². The number of rotatable bonds is 3. The number of hydrogen-bond donors (Lipinski definition) is 0. The van der Waals surface area contributed by atoms with Crippen LogP contribution in [-0.4, -0.2) is 46.6 Å². The maximum absolute atomic E-state index is 9.51. The topological polar surface area (TPSA) is 89.1 Å². The molecule has 2 aliphatic heterocycles. The van der Waals surface area contributed by atoms with Gasteiger partial charge in [0, 0.05) is 38.9 Å². The summed E-state index contributed by atoms with van der Waals surface area (Å²) in [6.07, 6.45) is 4.58. The first-order valence-corrected chi connectivity index (χ1v) is 8.53. The lowest BCUT2D eigenvalue weighted by molar-refractivity contribution is 0.101. The lowest BCUT2D eigenvalue weighted by Crippen LogP contribution is -2.28. The molecule has 0 bridgehead atoms. The van der Waals surface area contributed by atoms with Gasteiger partial charge in [-0.15, -0.1) is 10.2 Å². The Morgan fingerprint density at radius 2 is 2.24 bits per heavy atom. The highest BCUT2D eigenvalue weighted by Crippen LogP contribution is 2.30. The van der Waals surface area contributed by atoms with Crippen molar-refractivity contribution in [2.75, 3.05) is 31.7 Å². The molecule has 0 aliphatic carbocycles. The van der Waals surface area contributed by atoms with Crippen LogP contribution in [0.1, 0.15) is 36.2 Å². The summed E-state index contributed by atoms with van der Waals surface area (Å²) >= 11 is 0. The number of anilines is 1. The summed E-state index contributed by atoms with van der Waals surface area (Å²) in [5.74, 6) is 2.28. The molecule has 0 saturated carbocycles. The molecule has 0 aromatic carbocycles.